The van der Waals surface area contributed by atoms with Gasteiger partial charge in [0.2, 0.25) is 0 Å². The van der Waals surface area contributed by atoms with Crippen molar-refractivity contribution in [3.8, 4) is 0 Å². The third kappa shape index (κ3) is 4.74. The second-order valence-electron chi connectivity index (χ2n) is 3.79. The maximum atomic E-state index is 5.89. The largest absolute Gasteiger partial charge is 0.271 e. The van der Waals surface area contributed by atoms with Crippen molar-refractivity contribution in [3.63, 3.8) is 0 Å². The lowest BCUT2D eigenvalue weighted by atomic mass is 10.3. The maximum absolute atomic E-state index is 5.89. The van der Waals surface area contributed by atoms with Gasteiger partial charge < -0.3 is 0 Å². The predicted octanol–water partition coefficient (Wildman–Crippen LogP) is 3.30. The van der Waals surface area contributed by atoms with Crippen molar-refractivity contribution in [2.45, 2.75) is 19.9 Å². The molecule has 0 amide bonds. The van der Waals surface area contributed by atoms with Crippen LogP contribution in [0.1, 0.15) is 24.8 Å². The van der Waals surface area contributed by atoms with Crippen LogP contribution in [-0.2, 0) is 0 Å². The maximum Gasteiger partial charge on any atom is 0.0931 e. The smallest absolute Gasteiger partial charge is 0.0931 e. The highest BCUT2D eigenvalue weighted by Crippen LogP contribution is 2.28. The third-order valence-electron chi connectivity index (χ3n) is 1.87. The Bertz CT molecular complexity index is 289. The number of rotatable bonds is 6. The van der Waals surface area contributed by atoms with Gasteiger partial charge in [-0.1, -0.05) is 25.4 Å². The van der Waals surface area contributed by atoms with Gasteiger partial charge in [0.1, 0.15) is 0 Å². The van der Waals surface area contributed by atoms with Crippen molar-refractivity contribution in [2.24, 2.45) is 11.8 Å². The molecule has 3 N–H and O–H groups in total. The van der Waals surface area contributed by atoms with Crippen LogP contribution in [-0.4, -0.2) is 11.5 Å². The van der Waals surface area contributed by atoms with E-state index in [0.29, 0.717) is 0 Å². The Hall–Kier alpha value is 0.260. The molecule has 0 aliphatic carbocycles. The molecule has 1 atom stereocenters. The Kier molecular flexibility index (Phi) is 6.00. The summed E-state index contributed by atoms with van der Waals surface area (Å²) in [7, 11) is 0. The quantitative estimate of drug-likeness (QED) is 0.612. The summed E-state index contributed by atoms with van der Waals surface area (Å²) >= 11 is 9.40. The Morgan fingerprint density at radius 3 is 2.67 bits per heavy atom. The van der Waals surface area contributed by atoms with E-state index in [0.717, 1.165) is 21.8 Å². The molecule has 5 heteroatoms. The van der Waals surface area contributed by atoms with Crippen LogP contribution < -0.4 is 11.3 Å². The van der Waals surface area contributed by atoms with Crippen molar-refractivity contribution in [1.82, 2.24) is 5.43 Å². The number of thiophene rings is 1. The summed E-state index contributed by atoms with van der Waals surface area (Å²) in [6.45, 7) is 4.44. The topological polar surface area (TPSA) is 38.0 Å². The zero-order valence-corrected chi connectivity index (χ0v) is 11.4. The number of thioether (sulfide) groups is 1. The van der Waals surface area contributed by atoms with Crippen LogP contribution in [0.5, 0.6) is 0 Å². The van der Waals surface area contributed by atoms with Crippen molar-refractivity contribution in [1.29, 1.82) is 0 Å². The van der Waals surface area contributed by atoms with Gasteiger partial charge in [-0.2, -0.15) is 11.8 Å². The summed E-state index contributed by atoms with van der Waals surface area (Å²) < 4.78 is 0.819. The zero-order chi connectivity index (χ0) is 11.3. The molecular weight excluding hydrogens is 248 g/mol. The van der Waals surface area contributed by atoms with Gasteiger partial charge in [0, 0.05) is 10.6 Å². The average molecular weight is 265 g/mol. The van der Waals surface area contributed by atoms with E-state index in [1.165, 1.54) is 4.88 Å². The van der Waals surface area contributed by atoms with Gasteiger partial charge >= 0.3 is 0 Å². The Balaban J connectivity index is 2.42. The second kappa shape index (κ2) is 6.76. The molecule has 0 fully saturated rings. The highest BCUT2D eigenvalue weighted by Gasteiger charge is 2.12. The van der Waals surface area contributed by atoms with Gasteiger partial charge in [0.05, 0.1) is 10.4 Å². The second-order valence-corrected chi connectivity index (χ2v) is 6.61. The Labute approximate surface area is 105 Å². The van der Waals surface area contributed by atoms with Gasteiger partial charge in [-0.25, -0.2) is 0 Å². The first kappa shape index (κ1) is 13.3. The van der Waals surface area contributed by atoms with Gasteiger partial charge in [0.25, 0.3) is 0 Å². The third-order valence-corrected chi connectivity index (χ3v) is 4.69. The molecule has 0 aliphatic rings. The monoisotopic (exact) mass is 264 g/mol. The fourth-order valence-electron chi connectivity index (χ4n) is 1.15. The van der Waals surface area contributed by atoms with Crippen LogP contribution in [0.2, 0.25) is 4.34 Å². The predicted molar refractivity (Wildman–Crippen MR) is 71.6 cm³/mol. The lowest BCUT2D eigenvalue weighted by molar-refractivity contribution is 0.619. The average Bonchev–Trinajstić information content (AvgIpc) is 2.59. The first-order valence-electron chi connectivity index (χ1n) is 4.92. The molecule has 15 heavy (non-hydrogen) atoms. The molecule has 0 spiro atoms. The van der Waals surface area contributed by atoms with Gasteiger partial charge in [-0.15, -0.1) is 11.3 Å². The summed E-state index contributed by atoms with van der Waals surface area (Å²) in [4.78, 5) is 1.21. The number of halogens is 1. The van der Waals surface area contributed by atoms with E-state index < -0.39 is 0 Å². The van der Waals surface area contributed by atoms with Crippen LogP contribution in [0.25, 0.3) is 0 Å². The van der Waals surface area contributed by atoms with Crippen LogP contribution in [0.3, 0.4) is 0 Å². The number of hydrogen-bond donors (Lipinski definition) is 2. The van der Waals surface area contributed by atoms with E-state index in [4.69, 9.17) is 17.4 Å². The highest BCUT2D eigenvalue weighted by atomic mass is 35.5. The molecule has 1 rings (SSSR count). The summed E-state index contributed by atoms with van der Waals surface area (Å²) in [6.07, 6.45) is 0. The summed E-state index contributed by atoms with van der Waals surface area (Å²) in [5.74, 6) is 8.41. The fourth-order valence-corrected chi connectivity index (χ4v) is 3.50. The van der Waals surface area contributed by atoms with E-state index in [-0.39, 0.29) is 6.04 Å². The van der Waals surface area contributed by atoms with E-state index in [2.05, 4.69) is 19.3 Å². The van der Waals surface area contributed by atoms with Crippen molar-refractivity contribution < 1.29 is 0 Å². The number of nitrogens with two attached hydrogens (primary N) is 1. The van der Waals surface area contributed by atoms with Crippen molar-refractivity contribution in [2.75, 3.05) is 11.5 Å². The number of nitrogens with one attached hydrogen (secondary N) is 1. The van der Waals surface area contributed by atoms with E-state index >= 15 is 0 Å². The SMILES string of the molecule is CC(C)CSCC(NN)c1ccc(Cl)s1. The number of hydrazine groups is 1. The molecule has 0 radical (unpaired) electrons. The molecule has 0 saturated carbocycles. The molecule has 2 nitrogen and oxygen atoms in total. The molecule has 1 heterocycles. The molecular formula is C10H17ClN2S2. The summed E-state index contributed by atoms with van der Waals surface area (Å²) in [6, 6.07) is 4.16. The molecule has 86 valence electrons. The fraction of sp³-hybridized carbons (Fsp3) is 0.600. The van der Waals surface area contributed by atoms with Crippen molar-refractivity contribution >= 4 is 34.7 Å². The lowest BCUT2D eigenvalue weighted by Crippen LogP contribution is -2.29. The normalized spacial score (nSPS) is 13.4. The molecule has 1 unspecified atom stereocenters. The van der Waals surface area contributed by atoms with Crippen LogP contribution >= 0.6 is 34.7 Å². The molecule has 0 aromatic carbocycles. The molecule has 0 saturated heterocycles. The van der Waals surface area contributed by atoms with E-state index in [1.807, 2.05) is 23.9 Å². The minimum Gasteiger partial charge on any atom is -0.271 e. The standard InChI is InChI=1S/C10H17ClN2S2/c1-7(2)5-14-6-8(13-12)9-3-4-10(11)15-9/h3-4,7-8,13H,5-6,12H2,1-2H3. The highest BCUT2D eigenvalue weighted by molar-refractivity contribution is 7.99. The van der Waals surface area contributed by atoms with E-state index in [9.17, 15) is 0 Å². The molecule has 0 bridgehead atoms. The Morgan fingerprint density at radius 2 is 2.20 bits per heavy atom. The molecule has 1 aromatic rings. The van der Waals surface area contributed by atoms with Crippen LogP contribution in [0, 0.1) is 5.92 Å². The lowest BCUT2D eigenvalue weighted by Gasteiger charge is -2.14. The van der Waals surface area contributed by atoms with Crippen LogP contribution in [0.4, 0.5) is 0 Å². The number of hydrogen-bond acceptors (Lipinski definition) is 4. The molecule has 0 aliphatic heterocycles. The Morgan fingerprint density at radius 1 is 1.47 bits per heavy atom. The first-order valence-corrected chi connectivity index (χ1v) is 7.27. The van der Waals surface area contributed by atoms with Gasteiger partial charge in [-0.3, -0.25) is 11.3 Å². The minimum atomic E-state index is 0.214. The van der Waals surface area contributed by atoms with E-state index in [1.54, 1.807) is 11.3 Å². The van der Waals surface area contributed by atoms with Gasteiger partial charge in [-0.05, 0) is 23.8 Å². The van der Waals surface area contributed by atoms with Crippen molar-refractivity contribution in [3.05, 3.63) is 21.3 Å². The molecule has 1 aromatic heterocycles. The summed E-state index contributed by atoms with van der Waals surface area (Å²) in [5, 5.41) is 0. The summed E-state index contributed by atoms with van der Waals surface area (Å²) in [5.41, 5.74) is 2.84. The van der Waals surface area contributed by atoms with Gasteiger partial charge in [0.15, 0.2) is 0 Å². The minimum absolute atomic E-state index is 0.214. The first-order chi connectivity index (χ1) is 7.13. The zero-order valence-electron chi connectivity index (χ0n) is 9.00. The van der Waals surface area contributed by atoms with Crippen LogP contribution in [0.15, 0.2) is 12.1 Å².